The van der Waals surface area contributed by atoms with E-state index < -0.39 is 0 Å². The second kappa shape index (κ2) is 5.08. The van der Waals surface area contributed by atoms with Gasteiger partial charge in [0.1, 0.15) is 0 Å². The lowest BCUT2D eigenvalue weighted by molar-refractivity contribution is 0.571. The van der Waals surface area contributed by atoms with E-state index in [2.05, 4.69) is 15.4 Å². The summed E-state index contributed by atoms with van der Waals surface area (Å²) in [7, 11) is 1.72. The molecule has 6 nitrogen and oxygen atoms in total. The largest absolute Gasteiger partial charge is 0.319 e. The number of nitrogens with zero attached hydrogens (tertiary/aromatic N) is 5. The Labute approximate surface area is 115 Å². The van der Waals surface area contributed by atoms with Crippen molar-refractivity contribution in [3.05, 3.63) is 64.6 Å². The van der Waals surface area contributed by atoms with Crippen LogP contribution in [-0.2, 0) is 13.6 Å². The highest BCUT2D eigenvalue weighted by Crippen LogP contribution is 2.12. The van der Waals surface area contributed by atoms with Gasteiger partial charge in [0.05, 0.1) is 6.54 Å². The summed E-state index contributed by atoms with van der Waals surface area (Å²) in [4.78, 5) is 13.0. The SMILES string of the molecule is Cn1ccc(Cn2nnc(-c3ccccc3)n2)cc1=O. The molecule has 3 rings (SSSR count). The zero-order valence-corrected chi connectivity index (χ0v) is 11.0. The second-order valence-corrected chi connectivity index (χ2v) is 4.49. The highest BCUT2D eigenvalue weighted by Gasteiger charge is 2.06. The third-order valence-corrected chi connectivity index (χ3v) is 2.98. The van der Waals surface area contributed by atoms with Gasteiger partial charge in [-0.3, -0.25) is 4.79 Å². The molecule has 2 heterocycles. The van der Waals surface area contributed by atoms with Crippen LogP contribution in [0.1, 0.15) is 5.56 Å². The lowest BCUT2D eigenvalue weighted by Crippen LogP contribution is -2.16. The van der Waals surface area contributed by atoms with Gasteiger partial charge in [-0.25, -0.2) is 0 Å². The first-order chi connectivity index (χ1) is 9.72. The third-order valence-electron chi connectivity index (χ3n) is 2.98. The van der Waals surface area contributed by atoms with Crippen LogP contribution in [0.2, 0.25) is 0 Å². The maximum absolute atomic E-state index is 11.6. The van der Waals surface area contributed by atoms with Crippen molar-refractivity contribution in [3.63, 3.8) is 0 Å². The summed E-state index contributed by atoms with van der Waals surface area (Å²) in [6, 6.07) is 13.1. The number of aryl methyl sites for hydroxylation is 1. The van der Waals surface area contributed by atoms with Crippen LogP contribution in [-0.4, -0.2) is 24.8 Å². The van der Waals surface area contributed by atoms with Crippen molar-refractivity contribution in [1.29, 1.82) is 0 Å². The van der Waals surface area contributed by atoms with Gasteiger partial charge in [-0.15, -0.1) is 10.2 Å². The highest BCUT2D eigenvalue weighted by molar-refractivity contribution is 5.52. The molecule has 20 heavy (non-hydrogen) atoms. The standard InChI is InChI=1S/C14H13N5O/c1-18-8-7-11(9-13(18)20)10-19-16-14(15-17-19)12-5-3-2-4-6-12/h2-9H,10H2,1H3. The molecule has 6 heteroatoms. The van der Waals surface area contributed by atoms with Crippen LogP contribution >= 0.6 is 0 Å². The van der Waals surface area contributed by atoms with Gasteiger partial charge in [0.25, 0.3) is 5.56 Å². The van der Waals surface area contributed by atoms with Crippen molar-refractivity contribution in [2.45, 2.75) is 6.54 Å². The molecule has 0 N–H and O–H groups in total. The molecule has 0 radical (unpaired) electrons. The molecule has 1 aromatic carbocycles. The van der Waals surface area contributed by atoms with E-state index in [-0.39, 0.29) is 5.56 Å². The molecule has 0 aliphatic carbocycles. The maximum atomic E-state index is 11.6. The Morgan fingerprint density at radius 1 is 1.15 bits per heavy atom. The molecule has 0 atom stereocenters. The van der Waals surface area contributed by atoms with Crippen LogP contribution in [0, 0.1) is 0 Å². The van der Waals surface area contributed by atoms with E-state index in [0.29, 0.717) is 12.4 Å². The number of hydrogen-bond acceptors (Lipinski definition) is 4. The fraction of sp³-hybridized carbons (Fsp3) is 0.143. The van der Waals surface area contributed by atoms with Crippen molar-refractivity contribution in [2.24, 2.45) is 7.05 Å². The Balaban J connectivity index is 1.84. The monoisotopic (exact) mass is 267 g/mol. The zero-order valence-electron chi connectivity index (χ0n) is 11.0. The van der Waals surface area contributed by atoms with Crippen LogP contribution in [0.4, 0.5) is 0 Å². The number of aromatic nitrogens is 5. The summed E-state index contributed by atoms with van der Waals surface area (Å²) >= 11 is 0. The molecule has 0 spiro atoms. The number of pyridine rings is 1. The van der Waals surface area contributed by atoms with Crippen molar-refractivity contribution in [3.8, 4) is 11.4 Å². The summed E-state index contributed by atoms with van der Waals surface area (Å²) in [5.74, 6) is 0.578. The Hall–Kier alpha value is -2.76. The Kier molecular flexibility index (Phi) is 3.12. The van der Waals surface area contributed by atoms with Gasteiger partial charge in [0, 0.05) is 24.9 Å². The number of hydrogen-bond donors (Lipinski definition) is 0. The summed E-state index contributed by atoms with van der Waals surface area (Å²) in [5.41, 5.74) is 1.72. The minimum atomic E-state index is -0.0501. The maximum Gasteiger partial charge on any atom is 0.250 e. The molecule has 3 aromatic rings. The lowest BCUT2D eigenvalue weighted by atomic mass is 10.2. The average molecular weight is 267 g/mol. The van der Waals surface area contributed by atoms with E-state index in [1.807, 2.05) is 36.4 Å². The third kappa shape index (κ3) is 2.49. The molecule has 0 fully saturated rings. The lowest BCUT2D eigenvalue weighted by Gasteiger charge is -2.00. The smallest absolute Gasteiger partial charge is 0.250 e. The van der Waals surface area contributed by atoms with Crippen LogP contribution in [0.5, 0.6) is 0 Å². The molecule has 0 saturated heterocycles. The molecule has 0 bridgehead atoms. The van der Waals surface area contributed by atoms with Crippen molar-refractivity contribution in [2.75, 3.05) is 0 Å². The van der Waals surface area contributed by atoms with Gasteiger partial charge >= 0.3 is 0 Å². The molecular weight excluding hydrogens is 254 g/mol. The molecule has 0 aliphatic heterocycles. The predicted octanol–water partition coefficient (Wildman–Crippen LogP) is 1.09. The van der Waals surface area contributed by atoms with E-state index in [4.69, 9.17) is 0 Å². The number of rotatable bonds is 3. The minimum Gasteiger partial charge on any atom is -0.319 e. The van der Waals surface area contributed by atoms with E-state index in [1.54, 1.807) is 19.3 Å². The summed E-state index contributed by atoms with van der Waals surface area (Å²) in [6.45, 7) is 0.427. The van der Waals surface area contributed by atoms with E-state index in [1.165, 1.54) is 9.36 Å². The highest BCUT2D eigenvalue weighted by atomic mass is 16.1. The predicted molar refractivity (Wildman–Crippen MR) is 74.0 cm³/mol. The van der Waals surface area contributed by atoms with Gasteiger partial charge in [0.15, 0.2) is 0 Å². The quantitative estimate of drug-likeness (QED) is 0.712. The number of tetrazole rings is 1. The first kappa shape index (κ1) is 12.3. The zero-order chi connectivity index (χ0) is 13.9. The second-order valence-electron chi connectivity index (χ2n) is 4.49. The van der Waals surface area contributed by atoms with Gasteiger partial charge in [-0.05, 0) is 16.8 Å². The molecule has 100 valence electrons. The molecule has 2 aromatic heterocycles. The Morgan fingerprint density at radius 3 is 2.70 bits per heavy atom. The summed E-state index contributed by atoms with van der Waals surface area (Å²) in [5, 5.41) is 12.3. The molecule has 0 saturated carbocycles. The first-order valence-electron chi connectivity index (χ1n) is 6.21. The average Bonchev–Trinajstić information content (AvgIpc) is 2.92. The van der Waals surface area contributed by atoms with E-state index in [0.717, 1.165) is 11.1 Å². The Bertz CT molecular complexity index is 776. The number of benzene rings is 1. The van der Waals surface area contributed by atoms with Crippen LogP contribution in [0.15, 0.2) is 53.5 Å². The molecule has 0 amide bonds. The fourth-order valence-electron chi connectivity index (χ4n) is 1.86. The van der Waals surface area contributed by atoms with Crippen LogP contribution in [0.3, 0.4) is 0 Å². The molecule has 0 unspecified atom stereocenters. The fourth-order valence-corrected chi connectivity index (χ4v) is 1.86. The first-order valence-corrected chi connectivity index (χ1v) is 6.21. The van der Waals surface area contributed by atoms with Gasteiger partial charge in [0.2, 0.25) is 5.82 Å². The van der Waals surface area contributed by atoms with Crippen molar-refractivity contribution < 1.29 is 0 Å². The van der Waals surface area contributed by atoms with E-state index in [9.17, 15) is 4.79 Å². The van der Waals surface area contributed by atoms with Gasteiger partial charge in [-0.2, -0.15) is 4.80 Å². The van der Waals surface area contributed by atoms with Gasteiger partial charge < -0.3 is 4.57 Å². The van der Waals surface area contributed by atoms with Crippen molar-refractivity contribution >= 4 is 0 Å². The Morgan fingerprint density at radius 2 is 1.95 bits per heavy atom. The van der Waals surface area contributed by atoms with Crippen LogP contribution < -0.4 is 5.56 Å². The molecule has 0 aliphatic rings. The van der Waals surface area contributed by atoms with E-state index >= 15 is 0 Å². The van der Waals surface area contributed by atoms with Crippen molar-refractivity contribution in [1.82, 2.24) is 24.8 Å². The molecular formula is C14H13N5O. The summed E-state index contributed by atoms with van der Waals surface area (Å²) in [6.07, 6.45) is 1.73. The summed E-state index contributed by atoms with van der Waals surface area (Å²) < 4.78 is 1.52. The topological polar surface area (TPSA) is 65.6 Å². The van der Waals surface area contributed by atoms with Gasteiger partial charge in [-0.1, -0.05) is 30.3 Å². The normalized spacial score (nSPS) is 10.7. The minimum absolute atomic E-state index is 0.0501. The van der Waals surface area contributed by atoms with Crippen LogP contribution in [0.25, 0.3) is 11.4 Å².